The summed E-state index contributed by atoms with van der Waals surface area (Å²) in [4.78, 5) is 0. The first kappa shape index (κ1) is 9.19. The Bertz CT molecular complexity index is 471. The molecule has 0 saturated carbocycles. The molecule has 2 aromatic rings. The minimum Gasteiger partial charge on any atom is -0.275 e. The third-order valence-electron chi connectivity index (χ3n) is 2.51. The molecular formula is C11H13FN2. The van der Waals surface area contributed by atoms with Crippen molar-refractivity contribution >= 4 is 10.9 Å². The van der Waals surface area contributed by atoms with E-state index >= 15 is 0 Å². The van der Waals surface area contributed by atoms with Crippen molar-refractivity contribution in [3.63, 3.8) is 0 Å². The molecular weight excluding hydrogens is 179 g/mol. The average Bonchev–Trinajstić information content (AvgIpc) is 2.51. The Morgan fingerprint density at radius 1 is 1.43 bits per heavy atom. The lowest BCUT2D eigenvalue weighted by atomic mass is 9.94. The fourth-order valence-corrected chi connectivity index (χ4v) is 1.99. The number of rotatable bonds is 1. The van der Waals surface area contributed by atoms with Gasteiger partial charge in [0.1, 0.15) is 11.3 Å². The Morgan fingerprint density at radius 3 is 2.79 bits per heavy atom. The highest BCUT2D eigenvalue weighted by Crippen LogP contribution is 2.29. The van der Waals surface area contributed by atoms with Crippen LogP contribution in [0.15, 0.2) is 12.3 Å². The number of H-pyrrole nitrogens is 1. The maximum absolute atomic E-state index is 13.5. The van der Waals surface area contributed by atoms with Crippen LogP contribution >= 0.6 is 0 Å². The number of fused-ring (bicyclic) bond motifs is 1. The molecule has 0 atom stereocenters. The summed E-state index contributed by atoms with van der Waals surface area (Å²) in [5.74, 6) is 0.162. The number of aromatic amines is 1. The molecule has 1 aromatic heterocycles. The van der Waals surface area contributed by atoms with Gasteiger partial charge in [0.15, 0.2) is 0 Å². The van der Waals surface area contributed by atoms with Gasteiger partial charge in [-0.1, -0.05) is 13.8 Å². The second-order valence-electron chi connectivity index (χ2n) is 3.90. The van der Waals surface area contributed by atoms with Crippen molar-refractivity contribution in [1.29, 1.82) is 0 Å². The molecule has 14 heavy (non-hydrogen) atoms. The van der Waals surface area contributed by atoms with Gasteiger partial charge in [-0.25, -0.2) is 4.39 Å². The fraction of sp³-hybridized carbons (Fsp3) is 0.364. The first-order valence-corrected chi connectivity index (χ1v) is 4.73. The molecule has 74 valence electrons. The van der Waals surface area contributed by atoms with Crippen LogP contribution in [0.3, 0.4) is 0 Å². The first-order valence-electron chi connectivity index (χ1n) is 4.73. The molecule has 3 heteroatoms. The van der Waals surface area contributed by atoms with E-state index in [2.05, 4.69) is 24.0 Å². The number of nitrogens with zero attached hydrogens (tertiary/aromatic N) is 1. The smallest absolute Gasteiger partial charge is 0.149 e. The predicted octanol–water partition coefficient (Wildman–Crippen LogP) is 3.13. The van der Waals surface area contributed by atoms with E-state index in [4.69, 9.17) is 0 Å². The molecule has 0 radical (unpaired) electrons. The Kier molecular flexibility index (Phi) is 2.02. The highest BCUT2D eigenvalue weighted by Gasteiger charge is 2.13. The van der Waals surface area contributed by atoms with Gasteiger partial charge in [0.05, 0.1) is 6.20 Å². The van der Waals surface area contributed by atoms with Gasteiger partial charge in [0.2, 0.25) is 0 Å². The van der Waals surface area contributed by atoms with Crippen molar-refractivity contribution in [1.82, 2.24) is 10.2 Å². The molecule has 2 nitrogen and oxygen atoms in total. The van der Waals surface area contributed by atoms with Crippen LogP contribution in [0.5, 0.6) is 0 Å². The van der Waals surface area contributed by atoms with E-state index in [1.807, 2.05) is 6.92 Å². The SMILES string of the molecule is Cc1cc(F)c2[nH]ncc2c1C(C)C. The van der Waals surface area contributed by atoms with Crippen LogP contribution in [0.1, 0.15) is 30.9 Å². The predicted molar refractivity (Wildman–Crippen MR) is 54.9 cm³/mol. The highest BCUT2D eigenvalue weighted by molar-refractivity contribution is 5.84. The second kappa shape index (κ2) is 3.08. The molecule has 1 aromatic carbocycles. The van der Waals surface area contributed by atoms with Crippen LogP contribution in [0.2, 0.25) is 0 Å². The van der Waals surface area contributed by atoms with E-state index in [0.29, 0.717) is 11.4 Å². The number of hydrogen-bond donors (Lipinski definition) is 1. The zero-order chi connectivity index (χ0) is 10.3. The number of aryl methyl sites for hydroxylation is 1. The standard InChI is InChI=1S/C11H13FN2/c1-6(2)10-7(3)4-9(12)11-8(10)5-13-14-11/h4-6H,1-3H3,(H,13,14). The van der Waals surface area contributed by atoms with Crippen LogP contribution in [0.4, 0.5) is 4.39 Å². The quantitative estimate of drug-likeness (QED) is 0.738. The maximum atomic E-state index is 13.5. The zero-order valence-corrected chi connectivity index (χ0v) is 8.56. The van der Waals surface area contributed by atoms with E-state index in [1.165, 1.54) is 5.56 Å². The summed E-state index contributed by atoms with van der Waals surface area (Å²) >= 11 is 0. The molecule has 0 aliphatic heterocycles. The highest BCUT2D eigenvalue weighted by atomic mass is 19.1. The van der Waals surface area contributed by atoms with Gasteiger partial charge in [-0.15, -0.1) is 0 Å². The third-order valence-corrected chi connectivity index (χ3v) is 2.51. The minimum atomic E-state index is -0.223. The van der Waals surface area contributed by atoms with Crippen molar-refractivity contribution < 1.29 is 4.39 Å². The lowest BCUT2D eigenvalue weighted by Gasteiger charge is -2.11. The topological polar surface area (TPSA) is 28.7 Å². The van der Waals surface area contributed by atoms with Crippen molar-refractivity contribution in [2.45, 2.75) is 26.7 Å². The zero-order valence-electron chi connectivity index (χ0n) is 8.56. The number of hydrogen-bond acceptors (Lipinski definition) is 1. The number of halogens is 1. The second-order valence-corrected chi connectivity index (χ2v) is 3.90. The summed E-state index contributed by atoms with van der Waals surface area (Å²) in [6.45, 7) is 6.14. The van der Waals surface area contributed by atoms with Gasteiger partial charge in [-0.3, -0.25) is 5.10 Å². The number of nitrogens with one attached hydrogen (secondary N) is 1. The van der Waals surface area contributed by atoms with Crippen molar-refractivity contribution in [2.75, 3.05) is 0 Å². The molecule has 0 aliphatic carbocycles. The third kappa shape index (κ3) is 1.20. The summed E-state index contributed by atoms with van der Waals surface area (Å²) in [5.41, 5.74) is 2.68. The Balaban J connectivity index is 2.86. The molecule has 1 N–H and O–H groups in total. The van der Waals surface area contributed by atoms with Crippen LogP contribution in [0.25, 0.3) is 10.9 Å². The molecule has 0 unspecified atom stereocenters. The van der Waals surface area contributed by atoms with Crippen molar-refractivity contribution in [3.05, 3.63) is 29.2 Å². The molecule has 0 spiro atoms. The molecule has 0 fully saturated rings. The lowest BCUT2D eigenvalue weighted by Crippen LogP contribution is -1.94. The van der Waals surface area contributed by atoms with E-state index < -0.39 is 0 Å². The van der Waals surface area contributed by atoms with Gasteiger partial charge in [0.25, 0.3) is 0 Å². The lowest BCUT2D eigenvalue weighted by molar-refractivity contribution is 0.634. The number of benzene rings is 1. The maximum Gasteiger partial charge on any atom is 0.149 e. The molecule has 0 aliphatic rings. The average molecular weight is 192 g/mol. The summed E-state index contributed by atoms with van der Waals surface area (Å²) in [5, 5.41) is 7.47. The summed E-state index contributed by atoms with van der Waals surface area (Å²) < 4.78 is 13.5. The molecule has 0 saturated heterocycles. The van der Waals surface area contributed by atoms with Gasteiger partial charge in [-0.05, 0) is 30.0 Å². The van der Waals surface area contributed by atoms with Crippen LogP contribution < -0.4 is 0 Å². The molecule has 0 bridgehead atoms. The van der Waals surface area contributed by atoms with Gasteiger partial charge in [0, 0.05) is 5.39 Å². The van der Waals surface area contributed by atoms with Crippen molar-refractivity contribution in [3.8, 4) is 0 Å². The first-order chi connectivity index (χ1) is 6.61. The molecule has 1 heterocycles. The van der Waals surface area contributed by atoms with E-state index in [9.17, 15) is 4.39 Å². The summed E-state index contributed by atoms with van der Waals surface area (Å²) in [6.07, 6.45) is 1.70. The van der Waals surface area contributed by atoms with Crippen LogP contribution in [-0.2, 0) is 0 Å². The van der Waals surface area contributed by atoms with Crippen molar-refractivity contribution in [2.24, 2.45) is 0 Å². The van der Waals surface area contributed by atoms with E-state index in [-0.39, 0.29) is 5.82 Å². The van der Waals surface area contributed by atoms with Gasteiger partial charge >= 0.3 is 0 Å². The van der Waals surface area contributed by atoms with E-state index in [1.54, 1.807) is 12.3 Å². The minimum absolute atomic E-state index is 0.223. The van der Waals surface area contributed by atoms with E-state index in [0.717, 1.165) is 10.9 Å². The Labute approximate surface area is 82.1 Å². The fourth-order valence-electron chi connectivity index (χ4n) is 1.99. The molecule has 0 amide bonds. The summed E-state index contributed by atoms with van der Waals surface area (Å²) in [7, 11) is 0. The van der Waals surface area contributed by atoms with Crippen LogP contribution in [-0.4, -0.2) is 10.2 Å². The monoisotopic (exact) mass is 192 g/mol. The van der Waals surface area contributed by atoms with Gasteiger partial charge < -0.3 is 0 Å². The normalized spacial score (nSPS) is 11.5. The molecule has 2 rings (SSSR count). The van der Waals surface area contributed by atoms with Gasteiger partial charge in [-0.2, -0.15) is 5.10 Å². The number of aromatic nitrogens is 2. The largest absolute Gasteiger partial charge is 0.275 e. The summed E-state index contributed by atoms with van der Waals surface area (Å²) in [6, 6.07) is 1.57. The van der Waals surface area contributed by atoms with Crippen LogP contribution in [0, 0.1) is 12.7 Å². The Morgan fingerprint density at radius 2 is 2.14 bits per heavy atom. The Hall–Kier alpha value is -1.38.